The summed E-state index contributed by atoms with van der Waals surface area (Å²) in [4.78, 5) is 27.6. The van der Waals surface area contributed by atoms with E-state index in [9.17, 15) is 9.59 Å². The van der Waals surface area contributed by atoms with Crippen molar-refractivity contribution in [2.45, 2.75) is 19.9 Å². The molecule has 0 aliphatic carbocycles. The number of hydrogen-bond donors (Lipinski definition) is 1. The number of hydrogen-bond acceptors (Lipinski definition) is 4. The fourth-order valence-corrected chi connectivity index (χ4v) is 3.54. The van der Waals surface area contributed by atoms with Gasteiger partial charge < -0.3 is 14.2 Å². The Labute approximate surface area is 158 Å². The van der Waals surface area contributed by atoms with Crippen LogP contribution in [-0.4, -0.2) is 60.7 Å². The number of aromatic nitrogens is 1. The third kappa shape index (κ3) is 4.29. The Bertz CT molecular complexity index is 860. The van der Waals surface area contributed by atoms with E-state index >= 15 is 0 Å². The smallest absolute Gasteiger partial charge is 0.410 e. The number of nitrogens with one attached hydrogen (secondary N) is 1. The highest BCUT2D eigenvalue weighted by Gasteiger charge is 2.27. The Kier molecular flexibility index (Phi) is 6.09. The number of amides is 1. The number of benzene rings is 1. The standard InChI is InChI=1S/C20H24N4O3/c1-2-27-20(26)23-12-10-22(11-13-23)15-19(25)17-14-24(9-5-8-21)18-7-4-3-6-16(17)18/h3-4,6-7,14H,2,5,9-13,15H2,1H3/p+1. The van der Waals surface area contributed by atoms with Crippen molar-refractivity contribution in [3.63, 3.8) is 0 Å². The number of Topliss-reactive ketones (excluding diaryl/α,β-unsaturated/α-hetero) is 1. The Morgan fingerprint density at radius 2 is 2.00 bits per heavy atom. The zero-order chi connectivity index (χ0) is 19.2. The minimum atomic E-state index is -0.275. The molecule has 1 N–H and O–H groups in total. The molecule has 1 aromatic carbocycles. The minimum Gasteiger partial charge on any atom is -0.450 e. The predicted molar refractivity (Wildman–Crippen MR) is 101 cm³/mol. The summed E-state index contributed by atoms with van der Waals surface area (Å²) in [6, 6.07) is 9.97. The van der Waals surface area contributed by atoms with Gasteiger partial charge in [0.2, 0.25) is 5.78 Å². The number of rotatable bonds is 6. The van der Waals surface area contributed by atoms with Gasteiger partial charge in [0.05, 0.1) is 45.3 Å². The summed E-state index contributed by atoms with van der Waals surface area (Å²) >= 11 is 0. The van der Waals surface area contributed by atoms with Gasteiger partial charge in [-0.15, -0.1) is 0 Å². The molecule has 1 aliphatic heterocycles. The van der Waals surface area contributed by atoms with Gasteiger partial charge in [0.25, 0.3) is 0 Å². The third-order valence-corrected chi connectivity index (χ3v) is 4.96. The van der Waals surface area contributed by atoms with E-state index < -0.39 is 0 Å². The van der Waals surface area contributed by atoms with Crippen LogP contribution in [0.1, 0.15) is 23.7 Å². The molecule has 7 nitrogen and oxygen atoms in total. The lowest BCUT2D eigenvalue weighted by atomic mass is 10.1. The summed E-state index contributed by atoms with van der Waals surface area (Å²) in [6.45, 7) is 5.83. The summed E-state index contributed by atoms with van der Waals surface area (Å²) < 4.78 is 7.02. The molecule has 0 spiro atoms. The molecule has 1 fully saturated rings. The fraction of sp³-hybridized carbons (Fsp3) is 0.450. The maximum absolute atomic E-state index is 12.9. The first-order valence-electron chi connectivity index (χ1n) is 9.37. The molecule has 7 heteroatoms. The first kappa shape index (κ1) is 18.9. The van der Waals surface area contributed by atoms with Crippen molar-refractivity contribution < 1.29 is 19.2 Å². The first-order chi connectivity index (χ1) is 13.1. The number of para-hydroxylation sites is 1. The van der Waals surface area contributed by atoms with Crippen molar-refractivity contribution in [3.8, 4) is 6.07 Å². The second kappa shape index (κ2) is 8.69. The largest absolute Gasteiger partial charge is 0.450 e. The van der Waals surface area contributed by atoms with Crippen molar-refractivity contribution in [1.29, 1.82) is 5.26 Å². The lowest BCUT2D eigenvalue weighted by Gasteiger charge is -2.31. The summed E-state index contributed by atoms with van der Waals surface area (Å²) in [7, 11) is 0. The molecule has 0 bridgehead atoms. The molecule has 0 unspecified atom stereocenters. The highest BCUT2D eigenvalue weighted by Crippen LogP contribution is 2.21. The van der Waals surface area contributed by atoms with E-state index in [-0.39, 0.29) is 11.9 Å². The van der Waals surface area contributed by atoms with E-state index in [0.717, 1.165) is 24.0 Å². The van der Waals surface area contributed by atoms with Gasteiger partial charge in [0.1, 0.15) is 6.54 Å². The number of carbonyl (C=O) groups is 2. The van der Waals surface area contributed by atoms with E-state index in [4.69, 9.17) is 10.00 Å². The molecule has 1 saturated heterocycles. The molecule has 3 rings (SSSR count). The first-order valence-corrected chi connectivity index (χ1v) is 9.37. The van der Waals surface area contributed by atoms with E-state index in [1.54, 1.807) is 11.8 Å². The lowest BCUT2D eigenvalue weighted by molar-refractivity contribution is -0.895. The monoisotopic (exact) mass is 369 g/mol. The number of carbonyl (C=O) groups excluding carboxylic acids is 2. The zero-order valence-electron chi connectivity index (χ0n) is 15.6. The lowest BCUT2D eigenvalue weighted by Crippen LogP contribution is -3.15. The number of piperazine rings is 1. The summed E-state index contributed by atoms with van der Waals surface area (Å²) in [6.07, 6.45) is 2.01. The van der Waals surface area contributed by atoms with Crippen molar-refractivity contribution in [2.24, 2.45) is 0 Å². The zero-order valence-corrected chi connectivity index (χ0v) is 15.6. The average molecular weight is 369 g/mol. The third-order valence-electron chi connectivity index (χ3n) is 4.96. The maximum atomic E-state index is 12.9. The molecular formula is C20H25N4O3+. The predicted octanol–water partition coefficient (Wildman–Crippen LogP) is 1.09. The van der Waals surface area contributed by atoms with Crippen molar-refractivity contribution in [1.82, 2.24) is 9.47 Å². The minimum absolute atomic E-state index is 0.0986. The molecule has 2 heterocycles. The van der Waals surface area contributed by atoms with Crippen LogP contribution in [-0.2, 0) is 11.3 Å². The van der Waals surface area contributed by atoms with Crippen LogP contribution in [0.2, 0.25) is 0 Å². The average Bonchev–Trinajstić information content (AvgIpc) is 3.06. The summed E-state index contributed by atoms with van der Waals surface area (Å²) in [5.41, 5.74) is 1.70. The Morgan fingerprint density at radius 1 is 1.26 bits per heavy atom. The molecule has 1 amide bonds. The number of nitriles is 1. The van der Waals surface area contributed by atoms with Crippen LogP contribution in [0.25, 0.3) is 10.9 Å². The topological polar surface area (TPSA) is 79.8 Å². The molecule has 0 saturated carbocycles. The van der Waals surface area contributed by atoms with Crippen LogP contribution in [0.5, 0.6) is 0 Å². The SMILES string of the molecule is CCOC(=O)N1CC[NH+](CC(=O)c2cn(CCC#N)c3ccccc23)CC1. The highest BCUT2D eigenvalue weighted by molar-refractivity contribution is 6.08. The second-order valence-corrected chi connectivity index (χ2v) is 6.70. The normalized spacial score (nSPS) is 14.9. The number of quaternary nitrogens is 1. The molecule has 2 aromatic rings. The fourth-order valence-electron chi connectivity index (χ4n) is 3.54. The molecule has 0 radical (unpaired) electrons. The molecule has 0 atom stereocenters. The van der Waals surface area contributed by atoms with Crippen molar-refractivity contribution in [3.05, 3.63) is 36.0 Å². The van der Waals surface area contributed by atoms with E-state index in [1.807, 2.05) is 35.0 Å². The van der Waals surface area contributed by atoms with Gasteiger partial charge >= 0.3 is 6.09 Å². The summed E-state index contributed by atoms with van der Waals surface area (Å²) in [5.74, 6) is 0.0986. The van der Waals surface area contributed by atoms with Crippen LogP contribution in [0.15, 0.2) is 30.5 Å². The number of aryl methyl sites for hydroxylation is 1. The van der Waals surface area contributed by atoms with Crippen molar-refractivity contribution in [2.75, 3.05) is 39.3 Å². The molecule has 1 aromatic heterocycles. The van der Waals surface area contributed by atoms with Crippen LogP contribution in [0.4, 0.5) is 4.79 Å². The van der Waals surface area contributed by atoms with Crippen molar-refractivity contribution >= 4 is 22.8 Å². The highest BCUT2D eigenvalue weighted by atomic mass is 16.6. The quantitative estimate of drug-likeness (QED) is 0.773. The maximum Gasteiger partial charge on any atom is 0.410 e. The van der Waals surface area contributed by atoms with Gasteiger partial charge in [-0.3, -0.25) is 9.69 Å². The van der Waals surface area contributed by atoms with Crippen LogP contribution in [0.3, 0.4) is 0 Å². The molecular weight excluding hydrogens is 344 g/mol. The molecule has 1 aliphatic rings. The van der Waals surface area contributed by atoms with Gasteiger partial charge in [-0.2, -0.15) is 5.26 Å². The molecule has 142 valence electrons. The Morgan fingerprint density at radius 3 is 2.70 bits per heavy atom. The Balaban J connectivity index is 1.67. The van der Waals surface area contributed by atoms with Gasteiger partial charge in [0.15, 0.2) is 0 Å². The van der Waals surface area contributed by atoms with Crippen LogP contribution < -0.4 is 4.90 Å². The van der Waals surface area contributed by atoms with Gasteiger partial charge in [-0.25, -0.2) is 4.79 Å². The number of fused-ring (bicyclic) bond motifs is 1. The molecule has 27 heavy (non-hydrogen) atoms. The second-order valence-electron chi connectivity index (χ2n) is 6.70. The van der Waals surface area contributed by atoms with Gasteiger partial charge in [0, 0.05) is 29.2 Å². The van der Waals surface area contributed by atoms with E-state index in [1.165, 1.54) is 4.90 Å². The van der Waals surface area contributed by atoms with E-state index in [0.29, 0.717) is 44.8 Å². The van der Waals surface area contributed by atoms with E-state index in [2.05, 4.69) is 6.07 Å². The van der Waals surface area contributed by atoms with Gasteiger partial charge in [-0.1, -0.05) is 18.2 Å². The Hall–Kier alpha value is -2.85. The number of ketones is 1. The van der Waals surface area contributed by atoms with Crippen LogP contribution in [0, 0.1) is 11.3 Å². The number of ether oxygens (including phenoxy) is 1. The van der Waals surface area contributed by atoms with Crippen LogP contribution >= 0.6 is 0 Å². The number of nitrogens with zero attached hydrogens (tertiary/aromatic N) is 3. The summed E-state index contributed by atoms with van der Waals surface area (Å²) in [5, 5.41) is 9.79. The van der Waals surface area contributed by atoms with Gasteiger partial charge in [-0.05, 0) is 13.0 Å².